The van der Waals surface area contributed by atoms with Crippen molar-refractivity contribution in [2.75, 3.05) is 18.4 Å². The molecule has 1 saturated heterocycles. The molecule has 7 heteroatoms. The SMILES string of the molecule is NC(=O)N1CCC(Nc2c(F)cc(Br)cc2F)CC1. The van der Waals surface area contributed by atoms with Crippen molar-refractivity contribution < 1.29 is 13.6 Å². The topological polar surface area (TPSA) is 58.4 Å². The number of carbonyl (C=O) groups is 1. The van der Waals surface area contributed by atoms with Crippen molar-refractivity contribution in [3.05, 3.63) is 28.2 Å². The molecule has 0 spiro atoms. The number of likely N-dealkylation sites (tertiary alicyclic amines) is 1. The maximum Gasteiger partial charge on any atom is 0.314 e. The van der Waals surface area contributed by atoms with E-state index >= 15 is 0 Å². The first-order chi connectivity index (χ1) is 8.97. The maximum absolute atomic E-state index is 13.7. The lowest BCUT2D eigenvalue weighted by Crippen LogP contribution is -2.44. The van der Waals surface area contributed by atoms with Crippen LogP contribution in [0.5, 0.6) is 0 Å². The third-order valence-corrected chi connectivity index (χ3v) is 3.62. The first kappa shape index (κ1) is 14.0. The van der Waals surface area contributed by atoms with E-state index in [-0.39, 0.29) is 11.7 Å². The molecule has 4 nitrogen and oxygen atoms in total. The van der Waals surface area contributed by atoms with Crippen LogP contribution in [0.4, 0.5) is 19.3 Å². The van der Waals surface area contributed by atoms with Gasteiger partial charge in [-0.05, 0) is 25.0 Å². The molecule has 1 aromatic rings. The average Bonchev–Trinajstić information content (AvgIpc) is 2.34. The Hall–Kier alpha value is -1.37. The fourth-order valence-electron chi connectivity index (χ4n) is 2.13. The molecule has 2 amide bonds. The van der Waals surface area contributed by atoms with Crippen molar-refractivity contribution in [3.8, 4) is 0 Å². The molecule has 104 valence electrons. The highest BCUT2D eigenvalue weighted by molar-refractivity contribution is 9.10. The number of urea groups is 1. The standard InChI is InChI=1S/C12H14BrF2N3O/c13-7-5-9(14)11(10(15)6-7)17-8-1-3-18(4-2-8)12(16)19/h5-6,8,17H,1-4H2,(H2,16,19). The summed E-state index contributed by atoms with van der Waals surface area (Å²) in [7, 11) is 0. The Bertz CT molecular complexity index is 467. The third kappa shape index (κ3) is 3.34. The fourth-order valence-corrected chi connectivity index (χ4v) is 2.53. The number of anilines is 1. The fraction of sp³-hybridized carbons (Fsp3) is 0.417. The number of rotatable bonds is 2. The van der Waals surface area contributed by atoms with Gasteiger partial charge in [0.1, 0.15) is 17.3 Å². The van der Waals surface area contributed by atoms with Gasteiger partial charge in [0.05, 0.1) is 0 Å². The zero-order valence-electron chi connectivity index (χ0n) is 10.1. The molecule has 2 rings (SSSR count). The summed E-state index contributed by atoms with van der Waals surface area (Å²) in [6, 6.07) is 1.90. The van der Waals surface area contributed by atoms with Crippen LogP contribution in [0.15, 0.2) is 16.6 Å². The number of hydrogen-bond donors (Lipinski definition) is 2. The van der Waals surface area contributed by atoms with Gasteiger partial charge < -0.3 is 16.0 Å². The van der Waals surface area contributed by atoms with Gasteiger partial charge in [-0.1, -0.05) is 15.9 Å². The van der Waals surface area contributed by atoms with Gasteiger partial charge >= 0.3 is 6.03 Å². The van der Waals surface area contributed by atoms with Gasteiger partial charge in [-0.3, -0.25) is 0 Å². The smallest absolute Gasteiger partial charge is 0.314 e. The lowest BCUT2D eigenvalue weighted by atomic mass is 10.0. The zero-order valence-corrected chi connectivity index (χ0v) is 11.7. The first-order valence-corrected chi connectivity index (χ1v) is 6.72. The molecule has 0 radical (unpaired) electrons. The molecule has 0 aromatic heterocycles. The minimum absolute atomic E-state index is 0.0687. The van der Waals surface area contributed by atoms with Crippen molar-refractivity contribution in [1.82, 2.24) is 4.90 Å². The summed E-state index contributed by atoms with van der Waals surface area (Å²) in [5.74, 6) is -1.27. The van der Waals surface area contributed by atoms with Gasteiger partial charge in [0.2, 0.25) is 0 Å². The molecule has 3 N–H and O–H groups in total. The summed E-state index contributed by atoms with van der Waals surface area (Å²) >= 11 is 3.03. The molecule has 0 bridgehead atoms. The van der Waals surface area contributed by atoms with Gasteiger partial charge in [0.15, 0.2) is 0 Å². The molecule has 1 aromatic carbocycles. The second kappa shape index (κ2) is 5.73. The lowest BCUT2D eigenvalue weighted by molar-refractivity contribution is 0.193. The molecular weight excluding hydrogens is 320 g/mol. The first-order valence-electron chi connectivity index (χ1n) is 5.93. The van der Waals surface area contributed by atoms with E-state index in [9.17, 15) is 13.6 Å². The Morgan fingerprint density at radius 1 is 1.32 bits per heavy atom. The van der Waals surface area contributed by atoms with E-state index in [0.717, 1.165) is 0 Å². The van der Waals surface area contributed by atoms with Crippen LogP contribution < -0.4 is 11.1 Å². The Balaban J connectivity index is 2.02. The van der Waals surface area contributed by atoms with Gasteiger partial charge in [0, 0.05) is 23.6 Å². The minimum atomic E-state index is -0.635. The van der Waals surface area contributed by atoms with Crippen LogP contribution in [-0.4, -0.2) is 30.1 Å². The highest BCUT2D eigenvalue weighted by Gasteiger charge is 2.23. The van der Waals surface area contributed by atoms with Crippen LogP contribution in [0.25, 0.3) is 0 Å². The van der Waals surface area contributed by atoms with Gasteiger partial charge in [-0.2, -0.15) is 0 Å². The predicted octanol–water partition coefficient (Wildman–Crippen LogP) is 2.68. The molecule has 1 aliphatic heterocycles. The van der Waals surface area contributed by atoms with Crippen LogP contribution >= 0.6 is 15.9 Å². The summed E-state index contributed by atoms with van der Waals surface area (Å²) in [5.41, 5.74) is 5.05. The molecule has 1 aliphatic rings. The summed E-state index contributed by atoms with van der Waals surface area (Å²) in [4.78, 5) is 12.5. The van der Waals surface area contributed by atoms with E-state index in [1.165, 1.54) is 17.0 Å². The van der Waals surface area contributed by atoms with E-state index < -0.39 is 17.7 Å². The number of amides is 2. The third-order valence-electron chi connectivity index (χ3n) is 3.16. The molecule has 1 fully saturated rings. The number of nitrogens with two attached hydrogens (primary N) is 1. The minimum Gasteiger partial charge on any atom is -0.377 e. The average molecular weight is 334 g/mol. The van der Waals surface area contributed by atoms with Crippen LogP contribution in [0.1, 0.15) is 12.8 Å². The Morgan fingerprint density at radius 2 is 1.84 bits per heavy atom. The van der Waals surface area contributed by atoms with Crippen molar-refractivity contribution in [2.45, 2.75) is 18.9 Å². The number of halogens is 3. The highest BCUT2D eigenvalue weighted by Crippen LogP contribution is 2.26. The van der Waals surface area contributed by atoms with Gasteiger partial charge in [-0.15, -0.1) is 0 Å². The number of benzene rings is 1. The summed E-state index contributed by atoms with van der Waals surface area (Å²) < 4.78 is 27.7. The van der Waals surface area contributed by atoms with Gasteiger partial charge in [-0.25, -0.2) is 13.6 Å². The number of hydrogen-bond acceptors (Lipinski definition) is 2. The number of piperidine rings is 1. The summed E-state index contributed by atoms with van der Waals surface area (Å²) in [6.45, 7) is 0.986. The Morgan fingerprint density at radius 3 is 2.32 bits per heavy atom. The van der Waals surface area contributed by atoms with E-state index in [1.54, 1.807) is 0 Å². The molecule has 0 unspecified atom stereocenters. The van der Waals surface area contributed by atoms with E-state index in [4.69, 9.17) is 5.73 Å². The highest BCUT2D eigenvalue weighted by atomic mass is 79.9. The van der Waals surface area contributed by atoms with Crippen LogP contribution in [-0.2, 0) is 0 Å². The number of primary amides is 1. The second-order valence-corrected chi connectivity index (χ2v) is 5.40. The zero-order chi connectivity index (χ0) is 14.0. The lowest BCUT2D eigenvalue weighted by Gasteiger charge is -2.31. The molecule has 0 atom stereocenters. The molecule has 1 heterocycles. The molecule has 0 aliphatic carbocycles. The van der Waals surface area contributed by atoms with E-state index in [2.05, 4.69) is 21.2 Å². The van der Waals surface area contributed by atoms with E-state index in [0.29, 0.717) is 30.4 Å². The normalized spacial score (nSPS) is 16.5. The molecular formula is C12H14BrF2N3O. The van der Waals surface area contributed by atoms with Crippen molar-refractivity contribution in [3.63, 3.8) is 0 Å². The van der Waals surface area contributed by atoms with Crippen LogP contribution in [0.3, 0.4) is 0 Å². The maximum atomic E-state index is 13.7. The molecule has 0 saturated carbocycles. The number of nitrogens with one attached hydrogen (secondary N) is 1. The Labute approximate surface area is 118 Å². The Kier molecular flexibility index (Phi) is 4.24. The van der Waals surface area contributed by atoms with Crippen LogP contribution in [0, 0.1) is 11.6 Å². The predicted molar refractivity (Wildman–Crippen MR) is 71.9 cm³/mol. The van der Waals surface area contributed by atoms with Crippen molar-refractivity contribution >= 4 is 27.6 Å². The van der Waals surface area contributed by atoms with Crippen molar-refractivity contribution in [2.24, 2.45) is 5.73 Å². The summed E-state index contributed by atoms with van der Waals surface area (Å²) in [5, 5.41) is 2.85. The monoisotopic (exact) mass is 333 g/mol. The van der Waals surface area contributed by atoms with Gasteiger partial charge in [0.25, 0.3) is 0 Å². The number of carbonyl (C=O) groups excluding carboxylic acids is 1. The second-order valence-electron chi connectivity index (χ2n) is 4.49. The van der Waals surface area contributed by atoms with Crippen molar-refractivity contribution in [1.29, 1.82) is 0 Å². The number of nitrogens with zero attached hydrogens (tertiary/aromatic N) is 1. The molecule has 19 heavy (non-hydrogen) atoms. The van der Waals surface area contributed by atoms with Crippen LogP contribution in [0.2, 0.25) is 0 Å². The van der Waals surface area contributed by atoms with E-state index in [1.807, 2.05) is 0 Å². The quantitative estimate of drug-likeness (QED) is 0.874. The largest absolute Gasteiger partial charge is 0.377 e. The summed E-state index contributed by atoms with van der Waals surface area (Å²) in [6.07, 6.45) is 1.22.